The summed E-state index contributed by atoms with van der Waals surface area (Å²) in [6.07, 6.45) is 9.09. The summed E-state index contributed by atoms with van der Waals surface area (Å²) in [7, 11) is 0. The van der Waals surface area contributed by atoms with E-state index in [1.807, 2.05) is 60.7 Å². The molecule has 168 valence electrons. The van der Waals surface area contributed by atoms with Gasteiger partial charge in [-0.15, -0.1) is 0 Å². The van der Waals surface area contributed by atoms with Gasteiger partial charge in [-0.2, -0.15) is 0 Å². The van der Waals surface area contributed by atoms with Gasteiger partial charge in [0.15, 0.2) is 0 Å². The van der Waals surface area contributed by atoms with Crippen LogP contribution in [0.15, 0.2) is 66.9 Å². The summed E-state index contributed by atoms with van der Waals surface area (Å²) in [4.78, 5) is 16.9. The Bertz CT molecular complexity index is 947. The Balaban J connectivity index is 1.45. The van der Waals surface area contributed by atoms with E-state index in [9.17, 15) is 4.79 Å². The number of carbonyl (C=O) groups excluding carboxylic acids is 1. The number of unbranched alkanes of at least 4 members (excludes halogenated alkanes) is 2. The van der Waals surface area contributed by atoms with Crippen LogP contribution in [0.25, 0.3) is 0 Å². The van der Waals surface area contributed by atoms with Crippen LogP contribution in [0.1, 0.15) is 66.7 Å². The molecule has 0 amide bonds. The average molecular weight is 432 g/mol. The van der Waals surface area contributed by atoms with Gasteiger partial charge in [0.25, 0.3) is 0 Å². The number of esters is 1. The van der Waals surface area contributed by atoms with Crippen molar-refractivity contribution in [1.82, 2.24) is 4.98 Å². The molecule has 4 nitrogen and oxygen atoms in total. The van der Waals surface area contributed by atoms with Gasteiger partial charge in [-0.1, -0.05) is 57.4 Å². The smallest absolute Gasteiger partial charge is 0.343 e. The molecule has 0 saturated carbocycles. The van der Waals surface area contributed by atoms with Crippen LogP contribution in [-0.4, -0.2) is 17.6 Å². The monoisotopic (exact) mass is 431 g/mol. The Morgan fingerprint density at radius 1 is 0.750 bits per heavy atom. The van der Waals surface area contributed by atoms with Gasteiger partial charge in [0.05, 0.1) is 18.4 Å². The molecular weight excluding hydrogens is 398 g/mol. The molecule has 32 heavy (non-hydrogen) atoms. The first kappa shape index (κ1) is 23.5. The van der Waals surface area contributed by atoms with Gasteiger partial charge < -0.3 is 9.47 Å². The van der Waals surface area contributed by atoms with Crippen molar-refractivity contribution in [3.63, 3.8) is 0 Å². The third-order valence-corrected chi connectivity index (χ3v) is 5.35. The van der Waals surface area contributed by atoms with Crippen molar-refractivity contribution < 1.29 is 14.3 Å². The zero-order valence-electron chi connectivity index (χ0n) is 19.2. The summed E-state index contributed by atoms with van der Waals surface area (Å²) < 4.78 is 11.2. The normalized spacial score (nSPS) is 10.7. The van der Waals surface area contributed by atoms with Gasteiger partial charge in [0.1, 0.15) is 11.5 Å². The highest BCUT2D eigenvalue weighted by Crippen LogP contribution is 2.17. The highest BCUT2D eigenvalue weighted by molar-refractivity contribution is 5.91. The number of carbonyl (C=O) groups is 1. The van der Waals surface area contributed by atoms with Crippen molar-refractivity contribution in [3.05, 3.63) is 89.2 Å². The average Bonchev–Trinajstić information content (AvgIpc) is 2.83. The molecule has 0 aliphatic rings. The van der Waals surface area contributed by atoms with Crippen LogP contribution in [-0.2, 0) is 19.3 Å². The van der Waals surface area contributed by atoms with Gasteiger partial charge in [0, 0.05) is 5.69 Å². The first-order valence-electron chi connectivity index (χ1n) is 11.7. The summed E-state index contributed by atoms with van der Waals surface area (Å²) in [6, 6.07) is 19.3. The number of hydrogen-bond donors (Lipinski definition) is 0. The van der Waals surface area contributed by atoms with Crippen LogP contribution in [0.4, 0.5) is 0 Å². The third-order valence-electron chi connectivity index (χ3n) is 5.35. The van der Waals surface area contributed by atoms with Crippen molar-refractivity contribution in [3.8, 4) is 11.5 Å². The van der Waals surface area contributed by atoms with Crippen molar-refractivity contribution in [2.24, 2.45) is 0 Å². The van der Waals surface area contributed by atoms with Gasteiger partial charge in [-0.25, -0.2) is 4.79 Å². The van der Waals surface area contributed by atoms with Gasteiger partial charge in [-0.3, -0.25) is 4.98 Å². The lowest BCUT2D eigenvalue weighted by atomic mass is 10.1. The Morgan fingerprint density at radius 2 is 1.44 bits per heavy atom. The number of benzene rings is 2. The molecule has 3 rings (SSSR count). The van der Waals surface area contributed by atoms with Crippen LogP contribution < -0.4 is 9.47 Å². The van der Waals surface area contributed by atoms with Gasteiger partial charge in [-0.05, 0) is 73.2 Å². The first-order chi connectivity index (χ1) is 15.7. The lowest BCUT2D eigenvalue weighted by Gasteiger charge is -2.08. The molecule has 0 aliphatic carbocycles. The van der Waals surface area contributed by atoms with E-state index in [2.05, 4.69) is 18.8 Å². The molecule has 0 bridgehead atoms. The molecule has 0 spiro atoms. The molecule has 0 atom stereocenters. The standard InChI is InChI=1S/C28H33NO3/c1-3-5-6-20-31-27-19-16-25(29-21-27)15-10-23-11-17-26(18-12-23)32-28(30)24-13-8-22(7-4-2)9-14-24/h8-9,11-14,16-19,21H,3-7,10,15,20H2,1-2H3. The second-order valence-corrected chi connectivity index (χ2v) is 8.02. The van der Waals surface area contributed by atoms with Crippen LogP contribution in [0.5, 0.6) is 11.5 Å². The Morgan fingerprint density at radius 3 is 2.09 bits per heavy atom. The number of aromatic nitrogens is 1. The quantitative estimate of drug-likeness (QED) is 0.184. The number of nitrogens with zero attached hydrogens (tertiary/aromatic N) is 1. The summed E-state index contributed by atoms with van der Waals surface area (Å²) in [5.41, 5.74) is 4.01. The lowest BCUT2D eigenvalue weighted by Crippen LogP contribution is -2.08. The van der Waals surface area contributed by atoms with E-state index >= 15 is 0 Å². The number of aryl methyl sites for hydroxylation is 3. The Hall–Kier alpha value is -3.14. The Kier molecular flexibility index (Phi) is 9.30. The van der Waals surface area contributed by atoms with Crippen LogP contribution in [0, 0.1) is 0 Å². The fourth-order valence-corrected chi connectivity index (χ4v) is 3.44. The van der Waals surface area contributed by atoms with Crippen LogP contribution in [0.2, 0.25) is 0 Å². The van der Waals surface area contributed by atoms with Crippen LogP contribution in [0.3, 0.4) is 0 Å². The predicted molar refractivity (Wildman–Crippen MR) is 129 cm³/mol. The molecule has 0 saturated heterocycles. The summed E-state index contributed by atoms with van der Waals surface area (Å²) in [5.74, 6) is 1.05. The molecule has 3 aromatic rings. The van der Waals surface area contributed by atoms with Gasteiger partial charge in [0.2, 0.25) is 0 Å². The van der Waals surface area contributed by atoms with E-state index in [-0.39, 0.29) is 5.97 Å². The van der Waals surface area contributed by atoms with E-state index in [4.69, 9.17) is 9.47 Å². The molecule has 2 aromatic carbocycles. The minimum Gasteiger partial charge on any atom is -0.492 e. The molecule has 1 heterocycles. The minimum atomic E-state index is -0.331. The first-order valence-corrected chi connectivity index (χ1v) is 11.7. The number of hydrogen-bond acceptors (Lipinski definition) is 4. The Labute approximate surface area is 191 Å². The van der Waals surface area contributed by atoms with Crippen molar-refractivity contribution in [2.45, 2.75) is 58.8 Å². The van der Waals surface area contributed by atoms with E-state index in [0.29, 0.717) is 11.3 Å². The fourth-order valence-electron chi connectivity index (χ4n) is 3.44. The van der Waals surface area contributed by atoms with Crippen molar-refractivity contribution >= 4 is 5.97 Å². The number of pyridine rings is 1. The zero-order chi connectivity index (χ0) is 22.6. The molecule has 0 unspecified atom stereocenters. The van der Waals surface area contributed by atoms with E-state index < -0.39 is 0 Å². The zero-order valence-corrected chi connectivity index (χ0v) is 19.2. The van der Waals surface area contributed by atoms with Gasteiger partial charge >= 0.3 is 5.97 Å². The second-order valence-electron chi connectivity index (χ2n) is 8.02. The summed E-state index contributed by atoms with van der Waals surface area (Å²) in [6.45, 7) is 5.07. The number of rotatable bonds is 12. The topological polar surface area (TPSA) is 48.4 Å². The van der Waals surface area contributed by atoms with Crippen LogP contribution >= 0.6 is 0 Å². The lowest BCUT2D eigenvalue weighted by molar-refractivity contribution is 0.0734. The highest BCUT2D eigenvalue weighted by Gasteiger charge is 2.09. The van der Waals surface area contributed by atoms with Crippen molar-refractivity contribution in [1.29, 1.82) is 0 Å². The third kappa shape index (κ3) is 7.52. The SMILES string of the molecule is CCCCCOc1ccc(CCc2ccc(OC(=O)c3ccc(CCC)cc3)cc2)nc1. The molecule has 0 radical (unpaired) electrons. The highest BCUT2D eigenvalue weighted by atomic mass is 16.5. The summed E-state index contributed by atoms with van der Waals surface area (Å²) >= 11 is 0. The maximum atomic E-state index is 12.4. The molecule has 4 heteroatoms. The molecule has 0 aliphatic heterocycles. The maximum Gasteiger partial charge on any atom is 0.343 e. The van der Waals surface area contributed by atoms with E-state index in [1.54, 1.807) is 6.20 Å². The minimum absolute atomic E-state index is 0.331. The van der Waals surface area contributed by atoms with E-state index in [0.717, 1.165) is 50.2 Å². The molecular formula is C28H33NO3. The number of ether oxygens (including phenoxy) is 2. The molecule has 0 N–H and O–H groups in total. The second kappa shape index (κ2) is 12.7. The van der Waals surface area contributed by atoms with Crippen molar-refractivity contribution in [2.75, 3.05) is 6.61 Å². The molecule has 0 fully saturated rings. The predicted octanol–water partition coefficient (Wildman–Crippen LogP) is 6.61. The largest absolute Gasteiger partial charge is 0.492 e. The molecule has 1 aromatic heterocycles. The maximum absolute atomic E-state index is 12.4. The fraction of sp³-hybridized carbons (Fsp3) is 0.357. The van der Waals surface area contributed by atoms with E-state index in [1.165, 1.54) is 24.0 Å². The summed E-state index contributed by atoms with van der Waals surface area (Å²) in [5, 5.41) is 0.